The number of aromatic amines is 1. The number of hydrogen-bond acceptors (Lipinski definition) is 6. The van der Waals surface area contributed by atoms with Gasteiger partial charge in [-0.05, 0) is 42.5 Å². The van der Waals surface area contributed by atoms with Gasteiger partial charge in [0.2, 0.25) is 11.9 Å². The maximum atomic E-state index is 14.2. The van der Waals surface area contributed by atoms with E-state index in [4.69, 9.17) is 11.6 Å². The maximum absolute atomic E-state index is 14.2. The number of anilines is 4. The Labute approximate surface area is 181 Å². The minimum atomic E-state index is -0.577. The monoisotopic (exact) mass is 431 g/mol. The van der Waals surface area contributed by atoms with Crippen LogP contribution in [0.1, 0.15) is 0 Å². The molecule has 0 radical (unpaired) electrons. The van der Waals surface area contributed by atoms with Gasteiger partial charge < -0.3 is 10.6 Å². The van der Waals surface area contributed by atoms with Crippen LogP contribution in [0.2, 0.25) is 5.02 Å². The number of aromatic nitrogens is 5. The van der Waals surface area contributed by atoms with E-state index in [9.17, 15) is 4.39 Å². The number of halogens is 2. The number of nitrogens with one attached hydrogen (secondary N) is 3. The number of fused-ring (bicyclic) bond motifs is 1. The summed E-state index contributed by atoms with van der Waals surface area (Å²) in [6.07, 6.45) is 2.93. The van der Waals surface area contributed by atoms with Crippen LogP contribution in [-0.4, -0.2) is 25.1 Å². The molecule has 3 aromatic heterocycles. The second kappa shape index (κ2) is 8.00. The average Bonchev–Trinajstić information content (AvgIpc) is 3.20. The molecule has 0 spiro atoms. The minimum Gasteiger partial charge on any atom is -0.339 e. The third kappa shape index (κ3) is 3.88. The molecule has 0 atom stereocenters. The predicted octanol–water partition coefficient (Wildman–Crippen LogP) is 5.69. The van der Waals surface area contributed by atoms with E-state index >= 15 is 0 Å². The van der Waals surface area contributed by atoms with Gasteiger partial charge in [-0.25, -0.2) is 9.97 Å². The summed E-state index contributed by atoms with van der Waals surface area (Å²) >= 11 is 6.25. The quantitative estimate of drug-likeness (QED) is 0.309. The molecule has 0 aliphatic heterocycles. The van der Waals surface area contributed by atoms with Gasteiger partial charge in [0.15, 0.2) is 5.82 Å². The van der Waals surface area contributed by atoms with Crippen LogP contribution in [-0.2, 0) is 0 Å². The summed E-state index contributed by atoms with van der Waals surface area (Å²) in [6, 6.07) is 18.5. The number of H-pyrrole nitrogens is 1. The first-order chi connectivity index (χ1) is 15.2. The molecular weight excluding hydrogens is 417 g/mol. The summed E-state index contributed by atoms with van der Waals surface area (Å²) in [4.78, 5) is 12.4. The van der Waals surface area contributed by atoms with Crippen LogP contribution in [0, 0.1) is 5.95 Å². The van der Waals surface area contributed by atoms with Crippen molar-refractivity contribution >= 4 is 45.6 Å². The molecule has 0 aliphatic rings. The highest BCUT2D eigenvalue weighted by Gasteiger charge is 2.14. The Balaban J connectivity index is 1.46. The molecule has 9 heteroatoms. The molecule has 0 fully saturated rings. The normalized spacial score (nSPS) is 10.9. The Morgan fingerprint density at radius 1 is 0.903 bits per heavy atom. The van der Waals surface area contributed by atoms with E-state index in [1.807, 2.05) is 48.5 Å². The number of hydrogen-bond donors (Lipinski definition) is 3. The summed E-state index contributed by atoms with van der Waals surface area (Å²) in [6.45, 7) is 0. The lowest BCUT2D eigenvalue weighted by Gasteiger charge is -2.10. The van der Waals surface area contributed by atoms with E-state index in [2.05, 4.69) is 35.8 Å². The zero-order chi connectivity index (χ0) is 21.2. The van der Waals surface area contributed by atoms with Gasteiger partial charge in [0, 0.05) is 23.0 Å². The molecular formula is C22H15ClFN7. The molecule has 2 aromatic carbocycles. The fourth-order valence-electron chi connectivity index (χ4n) is 3.16. The summed E-state index contributed by atoms with van der Waals surface area (Å²) < 4.78 is 14.2. The summed E-state index contributed by atoms with van der Waals surface area (Å²) in [5.74, 6) is 0.264. The van der Waals surface area contributed by atoms with Crippen molar-refractivity contribution in [2.24, 2.45) is 0 Å². The largest absolute Gasteiger partial charge is 0.339 e. The lowest BCUT2D eigenvalue weighted by Crippen LogP contribution is -2.01. The maximum Gasteiger partial charge on any atom is 0.229 e. The van der Waals surface area contributed by atoms with Gasteiger partial charge in [-0.1, -0.05) is 29.8 Å². The topological polar surface area (TPSA) is 91.4 Å². The molecule has 5 rings (SSSR count). The van der Waals surface area contributed by atoms with Crippen LogP contribution in [0.15, 0.2) is 73.1 Å². The van der Waals surface area contributed by atoms with Crippen LogP contribution < -0.4 is 10.6 Å². The Morgan fingerprint density at radius 3 is 2.61 bits per heavy atom. The second-order valence-corrected chi connectivity index (χ2v) is 7.09. The lowest BCUT2D eigenvalue weighted by atomic mass is 10.1. The Kier molecular flexibility index (Phi) is 4.89. The van der Waals surface area contributed by atoms with E-state index in [1.54, 1.807) is 12.1 Å². The Bertz CT molecular complexity index is 1370. The van der Waals surface area contributed by atoms with Crippen molar-refractivity contribution in [2.45, 2.75) is 0 Å². The molecule has 0 aliphatic carbocycles. The molecule has 0 unspecified atom stereocenters. The van der Waals surface area contributed by atoms with Crippen LogP contribution >= 0.6 is 11.6 Å². The van der Waals surface area contributed by atoms with Crippen LogP contribution in [0.4, 0.5) is 27.5 Å². The molecule has 3 heterocycles. The van der Waals surface area contributed by atoms with Crippen LogP contribution in [0.3, 0.4) is 0 Å². The highest BCUT2D eigenvalue weighted by atomic mass is 35.5. The summed E-state index contributed by atoms with van der Waals surface area (Å²) in [5, 5.41) is 14.6. The summed E-state index contributed by atoms with van der Waals surface area (Å²) in [7, 11) is 0. The van der Waals surface area contributed by atoms with Crippen molar-refractivity contribution < 1.29 is 4.39 Å². The molecule has 0 amide bonds. The molecule has 31 heavy (non-hydrogen) atoms. The number of pyridine rings is 1. The average molecular weight is 432 g/mol. The van der Waals surface area contributed by atoms with Gasteiger partial charge in [0.05, 0.1) is 17.3 Å². The second-order valence-electron chi connectivity index (χ2n) is 6.68. The zero-order valence-corrected chi connectivity index (χ0v) is 16.7. The van der Waals surface area contributed by atoms with Gasteiger partial charge in [-0.2, -0.15) is 14.5 Å². The molecule has 0 saturated carbocycles. The first-order valence-electron chi connectivity index (χ1n) is 9.38. The van der Waals surface area contributed by atoms with E-state index in [0.717, 1.165) is 16.6 Å². The molecule has 152 valence electrons. The smallest absolute Gasteiger partial charge is 0.229 e. The zero-order valence-electron chi connectivity index (χ0n) is 16.0. The number of para-hydroxylation sites is 1. The van der Waals surface area contributed by atoms with Gasteiger partial charge in [-0.15, -0.1) is 0 Å². The highest BCUT2D eigenvalue weighted by Crippen LogP contribution is 2.30. The molecule has 0 bridgehead atoms. The van der Waals surface area contributed by atoms with Gasteiger partial charge >= 0.3 is 0 Å². The van der Waals surface area contributed by atoms with Crippen molar-refractivity contribution in [3.8, 4) is 11.3 Å². The summed E-state index contributed by atoms with van der Waals surface area (Å²) in [5.41, 5.74) is 3.15. The first-order valence-corrected chi connectivity index (χ1v) is 9.76. The van der Waals surface area contributed by atoms with Gasteiger partial charge in [0.25, 0.3) is 0 Å². The number of nitrogens with zero attached hydrogens (tertiary/aromatic N) is 4. The van der Waals surface area contributed by atoms with E-state index in [-0.39, 0.29) is 0 Å². The van der Waals surface area contributed by atoms with Crippen molar-refractivity contribution in [2.75, 3.05) is 10.6 Å². The highest BCUT2D eigenvalue weighted by molar-refractivity contribution is 6.32. The third-order valence-corrected chi connectivity index (χ3v) is 4.89. The molecule has 7 nitrogen and oxygen atoms in total. The fourth-order valence-corrected chi connectivity index (χ4v) is 3.30. The predicted molar refractivity (Wildman–Crippen MR) is 119 cm³/mol. The van der Waals surface area contributed by atoms with E-state index in [1.165, 1.54) is 12.4 Å². The van der Waals surface area contributed by atoms with Gasteiger partial charge in [-0.3, -0.25) is 5.10 Å². The molecule has 5 aromatic rings. The Morgan fingerprint density at radius 2 is 1.77 bits per heavy atom. The van der Waals surface area contributed by atoms with Crippen molar-refractivity contribution in [3.05, 3.63) is 84.0 Å². The standard InChI is InChI=1S/C22H15ClFN7/c23-17-12-26-22(29-21(17)27-13-5-2-1-3-6-13)28-14-8-9-18-16(11-14)19(31-30-18)15-7-4-10-25-20(15)24/h1-12H,(H,30,31)(H2,26,27,28,29). The third-order valence-electron chi connectivity index (χ3n) is 4.61. The van der Waals surface area contributed by atoms with Crippen molar-refractivity contribution in [3.63, 3.8) is 0 Å². The first kappa shape index (κ1) is 19.0. The SMILES string of the molecule is Fc1ncccc1-c1n[nH]c2ccc(Nc3ncc(Cl)c(Nc4ccccc4)n3)cc12. The lowest BCUT2D eigenvalue weighted by molar-refractivity contribution is 0.587. The van der Waals surface area contributed by atoms with Crippen LogP contribution in [0.25, 0.3) is 22.2 Å². The fraction of sp³-hybridized carbons (Fsp3) is 0. The Hall–Kier alpha value is -4.04. The molecule has 0 saturated heterocycles. The number of benzene rings is 2. The van der Waals surface area contributed by atoms with Gasteiger partial charge in [0.1, 0.15) is 10.7 Å². The number of rotatable bonds is 5. The van der Waals surface area contributed by atoms with Crippen molar-refractivity contribution in [1.29, 1.82) is 0 Å². The van der Waals surface area contributed by atoms with Crippen molar-refractivity contribution in [1.82, 2.24) is 25.1 Å². The van der Waals surface area contributed by atoms with E-state index < -0.39 is 5.95 Å². The van der Waals surface area contributed by atoms with E-state index in [0.29, 0.717) is 33.7 Å². The minimum absolute atomic E-state index is 0.322. The molecule has 3 N–H and O–H groups in total. The van der Waals surface area contributed by atoms with Crippen LogP contribution in [0.5, 0.6) is 0 Å².